The normalized spacial score (nSPS) is 18.6. The molecule has 132 valence electrons. The second-order valence-electron chi connectivity index (χ2n) is 6.83. The smallest absolute Gasteiger partial charge is 0.220 e. The summed E-state index contributed by atoms with van der Waals surface area (Å²) in [5.41, 5.74) is 0.867. The Morgan fingerprint density at radius 2 is 2.00 bits per heavy atom. The van der Waals surface area contributed by atoms with E-state index < -0.39 is 0 Å². The van der Waals surface area contributed by atoms with Crippen molar-refractivity contribution in [2.45, 2.75) is 44.2 Å². The van der Waals surface area contributed by atoms with Crippen LogP contribution in [0.5, 0.6) is 0 Å². The summed E-state index contributed by atoms with van der Waals surface area (Å²) < 4.78 is 0. The number of carbonyl (C=O) groups excluding carboxylic acids is 1. The summed E-state index contributed by atoms with van der Waals surface area (Å²) >= 11 is 0. The topological polar surface area (TPSA) is 70.0 Å². The Bertz CT molecular complexity index is 638. The quantitative estimate of drug-likeness (QED) is 0.740. The van der Waals surface area contributed by atoms with Gasteiger partial charge in [0.05, 0.1) is 0 Å². The molecule has 1 saturated heterocycles. The molecule has 1 aromatic heterocycles. The Morgan fingerprint density at radius 1 is 1.28 bits per heavy atom. The number of carbonyl (C=O) groups is 1. The number of rotatable bonds is 8. The average molecular weight is 339 g/mol. The molecule has 1 aromatic rings. The van der Waals surface area contributed by atoms with Gasteiger partial charge in [-0.15, -0.1) is 12.3 Å². The van der Waals surface area contributed by atoms with E-state index in [1.807, 2.05) is 24.5 Å². The number of pyridine rings is 1. The van der Waals surface area contributed by atoms with Crippen LogP contribution in [0, 0.1) is 18.3 Å². The molecule has 0 aliphatic carbocycles. The van der Waals surface area contributed by atoms with Crippen LogP contribution >= 0.6 is 0 Å². The van der Waals surface area contributed by atoms with Crippen LogP contribution in [0.4, 0.5) is 5.69 Å². The third kappa shape index (κ3) is 5.02. The first kappa shape index (κ1) is 17.4. The Balaban J connectivity index is 1.32. The average Bonchev–Trinajstić information content (AvgIpc) is 3.44. The molecular weight excluding hydrogens is 314 g/mol. The molecule has 1 fully saturated rings. The van der Waals surface area contributed by atoms with Crippen LogP contribution in [0.25, 0.3) is 0 Å². The van der Waals surface area contributed by atoms with Gasteiger partial charge in [0.25, 0.3) is 0 Å². The fourth-order valence-corrected chi connectivity index (χ4v) is 3.28. The second-order valence-corrected chi connectivity index (χ2v) is 6.83. The van der Waals surface area contributed by atoms with Gasteiger partial charge in [0.2, 0.25) is 5.91 Å². The number of piperidine rings is 1. The van der Waals surface area contributed by atoms with E-state index in [0.717, 1.165) is 38.9 Å². The Kier molecular flexibility index (Phi) is 5.64. The summed E-state index contributed by atoms with van der Waals surface area (Å²) in [5, 5.41) is 11.2. The van der Waals surface area contributed by atoms with Crippen molar-refractivity contribution in [2.75, 3.05) is 24.5 Å². The van der Waals surface area contributed by atoms with Crippen molar-refractivity contribution in [3.05, 3.63) is 24.5 Å². The lowest BCUT2D eigenvalue weighted by molar-refractivity contribution is -0.121. The number of nitrogens with one attached hydrogen (secondary N) is 1. The lowest BCUT2D eigenvalue weighted by Crippen LogP contribution is -2.38. The minimum absolute atomic E-state index is 0.0916. The van der Waals surface area contributed by atoms with E-state index in [2.05, 4.69) is 31.3 Å². The predicted molar refractivity (Wildman–Crippen MR) is 97.1 cm³/mol. The summed E-state index contributed by atoms with van der Waals surface area (Å²) in [6, 6.07) is 4.10. The highest BCUT2D eigenvalue weighted by Gasteiger charge is 2.39. The Hall–Kier alpha value is -2.42. The monoisotopic (exact) mass is 339 g/mol. The number of hydrogen-bond acceptors (Lipinski definition) is 5. The molecule has 0 spiro atoms. The van der Waals surface area contributed by atoms with Gasteiger partial charge >= 0.3 is 0 Å². The molecule has 2 aliphatic heterocycles. The minimum Gasteiger partial charge on any atom is -0.371 e. The fourth-order valence-electron chi connectivity index (χ4n) is 3.28. The van der Waals surface area contributed by atoms with Crippen molar-refractivity contribution < 1.29 is 4.79 Å². The third-order valence-corrected chi connectivity index (χ3v) is 5.04. The molecule has 25 heavy (non-hydrogen) atoms. The van der Waals surface area contributed by atoms with Crippen LogP contribution in [0.2, 0.25) is 0 Å². The molecule has 6 heteroatoms. The Labute approximate surface area is 149 Å². The van der Waals surface area contributed by atoms with Crippen molar-refractivity contribution in [3.8, 4) is 12.3 Å². The summed E-state index contributed by atoms with van der Waals surface area (Å²) in [4.78, 5) is 18.5. The van der Waals surface area contributed by atoms with Crippen LogP contribution in [-0.2, 0) is 4.79 Å². The van der Waals surface area contributed by atoms with Crippen molar-refractivity contribution >= 4 is 11.6 Å². The summed E-state index contributed by atoms with van der Waals surface area (Å²) in [6.45, 7) is 2.81. The summed E-state index contributed by atoms with van der Waals surface area (Å²) in [7, 11) is 0. The predicted octanol–water partition coefficient (Wildman–Crippen LogP) is 2.77. The second kappa shape index (κ2) is 8.11. The van der Waals surface area contributed by atoms with E-state index in [4.69, 9.17) is 6.42 Å². The third-order valence-electron chi connectivity index (χ3n) is 5.04. The zero-order valence-electron chi connectivity index (χ0n) is 14.5. The number of nitrogens with zero attached hydrogens (tertiary/aromatic N) is 4. The highest BCUT2D eigenvalue weighted by Crippen LogP contribution is 2.37. The van der Waals surface area contributed by atoms with Crippen LogP contribution in [0.3, 0.4) is 0 Å². The summed E-state index contributed by atoms with van der Waals surface area (Å²) in [5.74, 6) is 3.25. The first-order chi connectivity index (χ1) is 12.2. The number of terminal acetylenes is 1. The number of anilines is 1. The standard InChI is InChI=1S/C19H25N5O/c1-2-3-9-19(22-23-19)10-4-18(25)21-15-16-7-13-24(14-8-16)17-5-11-20-12-6-17/h1,5-6,11-12,16H,3-4,7-10,13-15H2,(H,21,25). The zero-order valence-corrected chi connectivity index (χ0v) is 14.5. The van der Waals surface area contributed by atoms with Gasteiger partial charge in [-0.1, -0.05) is 0 Å². The maximum atomic E-state index is 12.1. The minimum atomic E-state index is -0.362. The SMILES string of the molecule is C#CCCC1(CCC(=O)NCC2CCN(c3ccncc3)CC2)N=N1. The van der Waals surface area contributed by atoms with Gasteiger partial charge in [0.1, 0.15) is 0 Å². The van der Waals surface area contributed by atoms with Crippen LogP contribution < -0.4 is 10.2 Å². The molecular formula is C19H25N5O. The number of hydrogen-bond donors (Lipinski definition) is 1. The van der Waals surface area contributed by atoms with Crippen molar-refractivity contribution in [1.82, 2.24) is 10.3 Å². The van der Waals surface area contributed by atoms with Crippen molar-refractivity contribution in [1.29, 1.82) is 0 Å². The Morgan fingerprint density at radius 3 is 2.64 bits per heavy atom. The largest absolute Gasteiger partial charge is 0.371 e. The van der Waals surface area contributed by atoms with Gasteiger partial charge in [0, 0.05) is 63.4 Å². The van der Waals surface area contributed by atoms with Gasteiger partial charge in [-0.25, -0.2) is 0 Å². The lowest BCUT2D eigenvalue weighted by atomic mass is 9.96. The maximum absolute atomic E-state index is 12.1. The van der Waals surface area contributed by atoms with Crippen molar-refractivity contribution in [3.63, 3.8) is 0 Å². The van der Waals surface area contributed by atoms with E-state index in [1.54, 1.807) is 0 Å². The molecule has 0 aromatic carbocycles. The zero-order chi connectivity index (χ0) is 17.5. The molecule has 0 unspecified atom stereocenters. The highest BCUT2D eigenvalue weighted by molar-refractivity contribution is 5.76. The van der Waals surface area contributed by atoms with Gasteiger partial charge in [-0.3, -0.25) is 9.78 Å². The van der Waals surface area contributed by atoms with Gasteiger partial charge in [0.15, 0.2) is 5.66 Å². The molecule has 3 heterocycles. The molecule has 0 radical (unpaired) electrons. The van der Waals surface area contributed by atoms with Gasteiger partial charge in [-0.2, -0.15) is 10.2 Å². The molecule has 0 atom stereocenters. The van der Waals surface area contributed by atoms with Crippen LogP contribution in [0.1, 0.15) is 38.5 Å². The van der Waals surface area contributed by atoms with Crippen molar-refractivity contribution in [2.24, 2.45) is 16.1 Å². The fraction of sp³-hybridized carbons (Fsp3) is 0.579. The van der Waals surface area contributed by atoms with E-state index in [-0.39, 0.29) is 11.6 Å². The molecule has 6 nitrogen and oxygen atoms in total. The number of amides is 1. The molecule has 0 saturated carbocycles. The first-order valence-electron chi connectivity index (χ1n) is 9.00. The molecule has 3 rings (SSSR count). The first-order valence-corrected chi connectivity index (χ1v) is 9.00. The highest BCUT2D eigenvalue weighted by atomic mass is 16.1. The van der Waals surface area contributed by atoms with Crippen LogP contribution in [0.15, 0.2) is 34.8 Å². The van der Waals surface area contributed by atoms with E-state index in [9.17, 15) is 4.79 Å². The van der Waals surface area contributed by atoms with Crippen LogP contribution in [-0.4, -0.2) is 36.2 Å². The molecule has 0 bridgehead atoms. The summed E-state index contributed by atoms with van der Waals surface area (Å²) in [6.07, 6.45) is 13.7. The van der Waals surface area contributed by atoms with E-state index >= 15 is 0 Å². The van der Waals surface area contributed by atoms with E-state index in [1.165, 1.54) is 5.69 Å². The number of aromatic nitrogens is 1. The molecule has 1 N–H and O–H groups in total. The van der Waals surface area contributed by atoms with Gasteiger partial charge in [-0.05, 0) is 30.9 Å². The molecule has 2 aliphatic rings. The molecule has 1 amide bonds. The maximum Gasteiger partial charge on any atom is 0.220 e. The van der Waals surface area contributed by atoms with Gasteiger partial charge < -0.3 is 10.2 Å². The van der Waals surface area contributed by atoms with E-state index in [0.29, 0.717) is 25.2 Å². The lowest BCUT2D eigenvalue weighted by Gasteiger charge is -2.33.